The lowest BCUT2D eigenvalue weighted by Gasteiger charge is -2.11. The molecular formula is C7H5BClF3O4. The van der Waals surface area contributed by atoms with Crippen LogP contribution in [0.1, 0.15) is 0 Å². The number of hydrogen-bond acceptors (Lipinski definition) is 4. The van der Waals surface area contributed by atoms with Crippen molar-refractivity contribution in [3.05, 3.63) is 23.2 Å². The Kier molecular flexibility index (Phi) is 3.90. The van der Waals surface area contributed by atoms with E-state index in [1.165, 1.54) is 0 Å². The van der Waals surface area contributed by atoms with Crippen molar-refractivity contribution in [2.45, 2.75) is 6.36 Å². The summed E-state index contributed by atoms with van der Waals surface area (Å²) in [6.07, 6.45) is -4.86. The van der Waals surface area contributed by atoms with E-state index in [1.54, 1.807) is 0 Å². The average Bonchev–Trinajstić information content (AvgIpc) is 1.96. The topological polar surface area (TPSA) is 58.9 Å². The normalized spacial score (nSPS) is 11.1. The van der Waals surface area contributed by atoms with Gasteiger partial charge in [-0.3, -0.25) is 0 Å². The third-order valence-electron chi connectivity index (χ3n) is 1.32. The van der Waals surface area contributed by atoms with Crippen molar-refractivity contribution in [2.24, 2.45) is 0 Å². The Labute approximate surface area is 93.3 Å². The highest BCUT2D eigenvalue weighted by atomic mass is 35.5. The highest BCUT2D eigenvalue weighted by Gasteiger charge is 2.31. The van der Waals surface area contributed by atoms with Crippen LogP contribution in [0, 0.1) is 0 Å². The van der Waals surface area contributed by atoms with Crippen LogP contribution >= 0.6 is 11.6 Å². The number of alkyl halides is 3. The summed E-state index contributed by atoms with van der Waals surface area (Å²) in [6, 6.07) is 2.83. The minimum atomic E-state index is -4.86. The molecule has 0 atom stereocenters. The first-order valence-electron chi connectivity index (χ1n) is 3.85. The van der Waals surface area contributed by atoms with E-state index in [2.05, 4.69) is 9.39 Å². The standard InChI is InChI=1S/C7H5BClF3O4/c9-4-1-5(15-7(10,11)12)3-6(2-4)16-8(13)14/h1-3,13-14H. The van der Waals surface area contributed by atoms with Crippen molar-refractivity contribution >= 4 is 18.9 Å². The molecule has 1 aromatic rings. The zero-order valence-electron chi connectivity index (χ0n) is 7.53. The largest absolute Gasteiger partial charge is 0.707 e. The third-order valence-corrected chi connectivity index (χ3v) is 1.54. The molecule has 0 aliphatic heterocycles. The highest BCUT2D eigenvalue weighted by Crippen LogP contribution is 2.30. The summed E-state index contributed by atoms with van der Waals surface area (Å²) in [7, 11) is -2.16. The van der Waals surface area contributed by atoms with E-state index in [1.807, 2.05) is 0 Å². The molecular weight excluding hydrogens is 251 g/mol. The number of halogens is 4. The first-order chi connectivity index (χ1) is 7.26. The molecule has 1 rings (SSSR count). The molecule has 1 aromatic carbocycles. The Morgan fingerprint density at radius 2 is 1.69 bits per heavy atom. The molecule has 0 heterocycles. The van der Waals surface area contributed by atoms with Gasteiger partial charge < -0.3 is 19.4 Å². The van der Waals surface area contributed by atoms with Gasteiger partial charge in [0.15, 0.2) is 0 Å². The molecule has 0 aliphatic carbocycles. The Balaban J connectivity index is 2.90. The summed E-state index contributed by atoms with van der Waals surface area (Å²) >= 11 is 5.47. The molecule has 88 valence electrons. The van der Waals surface area contributed by atoms with E-state index in [-0.39, 0.29) is 10.8 Å². The van der Waals surface area contributed by atoms with Crippen LogP contribution in [0.15, 0.2) is 18.2 Å². The van der Waals surface area contributed by atoms with Gasteiger partial charge in [0.2, 0.25) is 0 Å². The van der Waals surface area contributed by atoms with Crippen molar-refractivity contribution in [3.8, 4) is 11.5 Å². The van der Waals surface area contributed by atoms with Gasteiger partial charge in [0, 0.05) is 11.1 Å². The molecule has 9 heteroatoms. The third kappa shape index (κ3) is 4.60. The Morgan fingerprint density at radius 3 is 2.19 bits per heavy atom. The van der Waals surface area contributed by atoms with Crippen LogP contribution in [0.25, 0.3) is 0 Å². The van der Waals surface area contributed by atoms with Crippen LogP contribution in [0.3, 0.4) is 0 Å². The molecule has 2 N–H and O–H groups in total. The molecule has 0 bridgehead atoms. The Hall–Kier alpha value is -1.12. The van der Waals surface area contributed by atoms with Crippen LogP contribution in [0.2, 0.25) is 5.02 Å². The van der Waals surface area contributed by atoms with Gasteiger partial charge in [-0.1, -0.05) is 11.6 Å². The summed E-state index contributed by atoms with van der Waals surface area (Å²) in [4.78, 5) is 0. The molecule has 0 spiro atoms. The maximum Gasteiger partial charge on any atom is 0.707 e. The van der Waals surface area contributed by atoms with E-state index >= 15 is 0 Å². The van der Waals surface area contributed by atoms with Gasteiger partial charge in [0.25, 0.3) is 0 Å². The van der Waals surface area contributed by atoms with Gasteiger partial charge in [-0.05, 0) is 12.1 Å². The predicted molar refractivity (Wildman–Crippen MR) is 49.0 cm³/mol. The minimum Gasteiger partial charge on any atom is -0.512 e. The van der Waals surface area contributed by atoms with Crippen LogP contribution in [-0.2, 0) is 0 Å². The lowest BCUT2D eigenvalue weighted by atomic mass is 10.2. The first kappa shape index (κ1) is 13.0. The SMILES string of the molecule is OB(O)Oc1cc(Cl)cc(OC(F)(F)F)c1. The van der Waals surface area contributed by atoms with Crippen molar-refractivity contribution in [1.29, 1.82) is 0 Å². The number of benzene rings is 1. The van der Waals surface area contributed by atoms with Gasteiger partial charge in [0.1, 0.15) is 11.5 Å². The fourth-order valence-corrected chi connectivity index (χ4v) is 1.13. The minimum absolute atomic E-state index is 0.0996. The molecule has 4 nitrogen and oxygen atoms in total. The molecule has 0 aliphatic rings. The highest BCUT2D eigenvalue weighted by molar-refractivity contribution is 6.34. The maximum absolute atomic E-state index is 11.9. The van der Waals surface area contributed by atoms with Crippen LogP contribution in [0.4, 0.5) is 13.2 Å². The summed E-state index contributed by atoms with van der Waals surface area (Å²) in [5, 5.41) is 16.8. The number of hydrogen-bond donors (Lipinski definition) is 2. The first-order valence-corrected chi connectivity index (χ1v) is 4.23. The van der Waals surface area contributed by atoms with E-state index in [0.29, 0.717) is 0 Å². The summed E-state index contributed by atoms with van der Waals surface area (Å²) < 4.78 is 43.5. The van der Waals surface area contributed by atoms with E-state index in [0.717, 1.165) is 18.2 Å². The van der Waals surface area contributed by atoms with Crippen LogP contribution in [-0.4, -0.2) is 23.7 Å². The van der Waals surface area contributed by atoms with Crippen LogP contribution in [0.5, 0.6) is 11.5 Å². The molecule has 0 fully saturated rings. The van der Waals surface area contributed by atoms with Gasteiger partial charge >= 0.3 is 13.7 Å². The van der Waals surface area contributed by atoms with E-state index in [4.69, 9.17) is 21.6 Å². The average molecular weight is 256 g/mol. The fraction of sp³-hybridized carbons (Fsp3) is 0.143. The van der Waals surface area contributed by atoms with Crippen molar-refractivity contribution in [2.75, 3.05) is 0 Å². The zero-order valence-corrected chi connectivity index (χ0v) is 8.29. The smallest absolute Gasteiger partial charge is 0.512 e. The van der Waals surface area contributed by atoms with Gasteiger partial charge in [-0.25, -0.2) is 0 Å². The van der Waals surface area contributed by atoms with Crippen molar-refractivity contribution < 1.29 is 32.6 Å². The summed E-state index contributed by atoms with van der Waals surface area (Å²) in [5.41, 5.74) is 0. The second-order valence-corrected chi connectivity index (χ2v) is 3.05. The number of ether oxygens (including phenoxy) is 1. The fourth-order valence-electron chi connectivity index (χ4n) is 0.919. The predicted octanol–water partition coefficient (Wildman–Crippen LogP) is 1.59. The molecule has 0 radical (unpaired) electrons. The van der Waals surface area contributed by atoms with E-state index in [9.17, 15) is 13.2 Å². The monoisotopic (exact) mass is 256 g/mol. The maximum atomic E-state index is 11.9. The molecule has 16 heavy (non-hydrogen) atoms. The van der Waals surface area contributed by atoms with E-state index < -0.39 is 19.4 Å². The molecule has 0 saturated carbocycles. The summed E-state index contributed by atoms with van der Waals surface area (Å²) in [6.45, 7) is 0. The van der Waals surface area contributed by atoms with Gasteiger partial charge in [-0.2, -0.15) is 0 Å². The summed E-state index contributed by atoms with van der Waals surface area (Å²) in [5.74, 6) is -0.877. The zero-order chi connectivity index (χ0) is 12.3. The molecule has 0 aromatic heterocycles. The molecule has 0 amide bonds. The van der Waals surface area contributed by atoms with Crippen LogP contribution < -0.4 is 9.39 Å². The lowest BCUT2D eigenvalue weighted by molar-refractivity contribution is -0.274. The molecule has 0 saturated heterocycles. The number of rotatable bonds is 3. The molecule has 0 unspecified atom stereocenters. The quantitative estimate of drug-likeness (QED) is 0.806. The second kappa shape index (κ2) is 4.81. The van der Waals surface area contributed by atoms with Crippen molar-refractivity contribution in [3.63, 3.8) is 0 Å². The van der Waals surface area contributed by atoms with Gasteiger partial charge in [-0.15, -0.1) is 13.2 Å². The van der Waals surface area contributed by atoms with Gasteiger partial charge in [0.05, 0.1) is 0 Å². The Morgan fingerprint density at radius 1 is 1.12 bits per heavy atom. The lowest BCUT2D eigenvalue weighted by Crippen LogP contribution is -2.21. The van der Waals surface area contributed by atoms with Crippen molar-refractivity contribution in [1.82, 2.24) is 0 Å². The second-order valence-electron chi connectivity index (χ2n) is 2.61. The Bertz CT molecular complexity index is 371.